The zero-order valence-corrected chi connectivity index (χ0v) is 22.8. The molecule has 14 heteroatoms. The fraction of sp³-hybridized carbons (Fsp3) is 0.714. The van der Waals surface area contributed by atoms with E-state index < -0.39 is 73.2 Å². The van der Waals surface area contributed by atoms with Gasteiger partial charge in [0.1, 0.15) is 11.9 Å². The number of benzene rings is 1. The number of alkyl halides is 7. The van der Waals surface area contributed by atoms with E-state index in [1.54, 1.807) is 0 Å². The standard InChI is InChI=1S/C28H33F9O5/c1-16-2-4-17(5-3-16)6-7-18-8-10-19(11-9-18)26(31,32)41-21-14-38-25(39-15-21)27(33,34)40-20-12-22(29)24(23(30)13-20)42-28(35,36)37/h6-7,12-13,16-19,21,25H,2-5,8-11,14-15H2,1H3/b7-6+. The molecule has 3 aliphatic rings. The number of ether oxygens (including phenoxy) is 5. The van der Waals surface area contributed by atoms with Crippen LogP contribution in [0.2, 0.25) is 0 Å². The second kappa shape index (κ2) is 13.2. The summed E-state index contributed by atoms with van der Waals surface area (Å²) in [7, 11) is 0. The van der Waals surface area contributed by atoms with Gasteiger partial charge in [0.2, 0.25) is 5.75 Å². The molecule has 0 atom stereocenters. The van der Waals surface area contributed by atoms with Crippen molar-refractivity contribution in [3.63, 3.8) is 0 Å². The summed E-state index contributed by atoms with van der Waals surface area (Å²) in [6.07, 6.45) is -6.56. The lowest BCUT2D eigenvalue weighted by Gasteiger charge is -2.37. The molecule has 0 aromatic heterocycles. The zero-order chi connectivity index (χ0) is 30.7. The smallest absolute Gasteiger partial charge is 0.429 e. The summed E-state index contributed by atoms with van der Waals surface area (Å²) in [5.74, 6) is -6.52. The maximum absolute atomic E-state index is 14.9. The summed E-state index contributed by atoms with van der Waals surface area (Å²) in [6.45, 7) is 0.798. The Hall–Kier alpha value is -2.19. The lowest BCUT2D eigenvalue weighted by molar-refractivity contribution is -0.381. The van der Waals surface area contributed by atoms with Crippen LogP contribution in [-0.4, -0.2) is 44.2 Å². The molecule has 4 rings (SSSR count). The summed E-state index contributed by atoms with van der Waals surface area (Å²) < 4.78 is 145. The third kappa shape index (κ3) is 8.91. The monoisotopic (exact) mass is 620 g/mol. The van der Waals surface area contributed by atoms with Gasteiger partial charge in [0.05, 0.1) is 19.1 Å². The predicted octanol–water partition coefficient (Wildman–Crippen LogP) is 8.37. The van der Waals surface area contributed by atoms with E-state index in [2.05, 4.69) is 28.5 Å². The van der Waals surface area contributed by atoms with Gasteiger partial charge in [-0.1, -0.05) is 31.9 Å². The third-order valence-electron chi connectivity index (χ3n) is 7.87. The van der Waals surface area contributed by atoms with Crippen LogP contribution in [0, 0.1) is 35.3 Å². The molecular formula is C28H33F9O5. The first kappa shape index (κ1) is 32.7. The molecule has 1 saturated heterocycles. The van der Waals surface area contributed by atoms with E-state index in [-0.39, 0.29) is 30.9 Å². The minimum atomic E-state index is -5.43. The van der Waals surface area contributed by atoms with E-state index in [1.165, 1.54) is 12.8 Å². The zero-order valence-electron chi connectivity index (χ0n) is 22.8. The van der Waals surface area contributed by atoms with Gasteiger partial charge in [0, 0.05) is 12.1 Å². The highest BCUT2D eigenvalue weighted by Crippen LogP contribution is 2.42. The molecule has 0 amide bonds. The van der Waals surface area contributed by atoms with Crippen LogP contribution >= 0.6 is 0 Å². The van der Waals surface area contributed by atoms with Gasteiger partial charge in [0.25, 0.3) is 6.29 Å². The number of allylic oxidation sites excluding steroid dienone is 2. The third-order valence-corrected chi connectivity index (χ3v) is 7.87. The van der Waals surface area contributed by atoms with Crippen molar-refractivity contribution in [2.24, 2.45) is 23.7 Å². The minimum Gasteiger partial charge on any atom is -0.429 e. The predicted molar refractivity (Wildman–Crippen MR) is 130 cm³/mol. The number of hydrogen-bond donors (Lipinski definition) is 0. The SMILES string of the molecule is CC1CCC(/C=C/C2CCC(C(F)(F)OC3COC(C(F)(F)Oc4cc(F)c(OC(F)(F)F)c(F)c4)OC3)CC2)CC1. The Morgan fingerprint density at radius 3 is 1.71 bits per heavy atom. The van der Waals surface area contributed by atoms with Crippen LogP contribution in [0.1, 0.15) is 58.3 Å². The maximum Gasteiger partial charge on any atom is 0.573 e. The molecule has 0 unspecified atom stereocenters. The summed E-state index contributed by atoms with van der Waals surface area (Å²) in [5, 5.41) is 0. The Kier molecular flexibility index (Phi) is 10.3. The van der Waals surface area contributed by atoms with Crippen molar-refractivity contribution < 1.29 is 63.2 Å². The molecule has 0 bridgehead atoms. The molecule has 1 aromatic rings. The molecule has 1 heterocycles. The minimum absolute atomic E-state index is 0.0499. The summed E-state index contributed by atoms with van der Waals surface area (Å²) in [5.41, 5.74) is 0. The van der Waals surface area contributed by atoms with Crippen LogP contribution in [0.15, 0.2) is 24.3 Å². The molecule has 42 heavy (non-hydrogen) atoms. The largest absolute Gasteiger partial charge is 0.573 e. The second-order valence-corrected chi connectivity index (χ2v) is 11.2. The first-order valence-corrected chi connectivity index (χ1v) is 13.9. The van der Waals surface area contributed by atoms with E-state index in [0.29, 0.717) is 18.8 Å². The Balaban J connectivity index is 1.23. The van der Waals surface area contributed by atoms with Crippen molar-refractivity contribution in [3.8, 4) is 11.5 Å². The molecule has 2 saturated carbocycles. The molecule has 0 N–H and O–H groups in total. The van der Waals surface area contributed by atoms with Crippen molar-refractivity contribution in [3.05, 3.63) is 35.9 Å². The maximum atomic E-state index is 14.9. The van der Waals surface area contributed by atoms with Gasteiger partial charge in [-0.25, -0.2) is 8.78 Å². The van der Waals surface area contributed by atoms with Crippen LogP contribution in [-0.2, 0) is 14.2 Å². The van der Waals surface area contributed by atoms with Crippen molar-refractivity contribution in [1.82, 2.24) is 0 Å². The van der Waals surface area contributed by atoms with E-state index >= 15 is 0 Å². The van der Waals surface area contributed by atoms with Crippen molar-refractivity contribution in [1.29, 1.82) is 0 Å². The van der Waals surface area contributed by atoms with E-state index in [9.17, 15) is 39.5 Å². The van der Waals surface area contributed by atoms with Crippen molar-refractivity contribution in [2.45, 2.75) is 89.3 Å². The number of halogens is 9. The number of rotatable bonds is 9. The first-order chi connectivity index (χ1) is 19.6. The molecule has 0 radical (unpaired) electrons. The van der Waals surface area contributed by atoms with E-state index in [4.69, 9.17) is 14.2 Å². The highest BCUT2D eigenvalue weighted by atomic mass is 19.4. The lowest BCUT2D eigenvalue weighted by atomic mass is 9.79. The van der Waals surface area contributed by atoms with Gasteiger partial charge < -0.3 is 23.7 Å². The highest BCUT2D eigenvalue weighted by Gasteiger charge is 2.50. The van der Waals surface area contributed by atoms with E-state index in [1.807, 2.05) is 0 Å². The molecular weight excluding hydrogens is 587 g/mol. The fourth-order valence-electron chi connectivity index (χ4n) is 5.52. The normalized spacial score (nSPS) is 30.0. The molecule has 0 spiro atoms. The summed E-state index contributed by atoms with van der Waals surface area (Å²) in [4.78, 5) is 0. The molecule has 5 nitrogen and oxygen atoms in total. The van der Waals surface area contributed by atoms with Gasteiger partial charge in [0.15, 0.2) is 11.6 Å². The Labute approximate surface area is 237 Å². The van der Waals surface area contributed by atoms with Gasteiger partial charge in [-0.2, -0.15) is 17.6 Å². The lowest BCUT2D eigenvalue weighted by Crippen LogP contribution is -2.51. The van der Waals surface area contributed by atoms with Crippen LogP contribution in [0.5, 0.6) is 11.5 Å². The van der Waals surface area contributed by atoms with Gasteiger partial charge >= 0.3 is 18.6 Å². The quantitative estimate of drug-likeness (QED) is 0.205. The first-order valence-electron chi connectivity index (χ1n) is 13.9. The Morgan fingerprint density at radius 2 is 1.21 bits per heavy atom. The van der Waals surface area contributed by atoms with Crippen LogP contribution in [0.3, 0.4) is 0 Å². The highest BCUT2D eigenvalue weighted by molar-refractivity contribution is 5.35. The van der Waals surface area contributed by atoms with Crippen molar-refractivity contribution >= 4 is 0 Å². The Morgan fingerprint density at radius 1 is 0.714 bits per heavy atom. The molecule has 238 valence electrons. The van der Waals surface area contributed by atoms with E-state index in [0.717, 1.165) is 18.8 Å². The Bertz CT molecular complexity index is 1030. The van der Waals surface area contributed by atoms with Crippen LogP contribution < -0.4 is 9.47 Å². The molecule has 1 aliphatic heterocycles. The van der Waals surface area contributed by atoms with Gasteiger partial charge in [-0.3, -0.25) is 0 Å². The average molecular weight is 621 g/mol. The van der Waals surface area contributed by atoms with Crippen LogP contribution in [0.25, 0.3) is 0 Å². The topological polar surface area (TPSA) is 46.2 Å². The summed E-state index contributed by atoms with van der Waals surface area (Å²) in [6, 6.07) is 0.0998. The second-order valence-electron chi connectivity index (χ2n) is 11.2. The van der Waals surface area contributed by atoms with Crippen molar-refractivity contribution in [2.75, 3.05) is 13.2 Å². The van der Waals surface area contributed by atoms with Crippen LogP contribution in [0.4, 0.5) is 39.5 Å². The molecule has 2 aliphatic carbocycles. The van der Waals surface area contributed by atoms with Gasteiger partial charge in [-0.05, 0) is 56.3 Å². The molecule has 3 fully saturated rings. The summed E-state index contributed by atoms with van der Waals surface area (Å²) >= 11 is 0. The van der Waals surface area contributed by atoms with Gasteiger partial charge in [-0.15, -0.1) is 13.2 Å². The number of hydrogen-bond acceptors (Lipinski definition) is 5. The average Bonchev–Trinajstić information content (AvgIpc) is 2.90. The molecule has 1 aromatic carbocycles. The fourth-order valence-corrected chi connectivity index (χ4v) is 5.52.